The number of nitrogens with zero attached hydrogens (tertiary/aromatic N) is 1. The van der Waals surface area contributed by atoms with Crippen molar-refractivity contribution in [2.75, 3.05) is 26.9 Å². The Kier molecular flexibility index (Phi) is 5.14. The van der Waals surface area contributed by atoms with Crippen molar-refractivity contribution in [1.29, 1.82) is 0 Å². The fourth-order valence-corrected chi connectivity index (χ4v) is 1.41. The van der Waals surface area contributed by atoms with Crippen LogP contribution in [0, 0.1) is 0 Å². The lowest BCUT2D eigenvalue weighted by atomic mass is 10.2. The first-order chi connectivity index (χ1) is 7.69. The van der Waals surface area contributed by atoms with Gasteiger partial charge in [-0.3, -0.25) is 14.5 Å². The Bertz CT molecular complexity index is 270. The standard InChI is InChI=1S/C11H17NO4/c1-3-9(16-7-6-15-2)8-12-10(13)4-5-11(12)14/h4-5,9H,3,6-8H2,1-2H3/t9-/m0/s1. The molecular weight excluding hydrogens is 210 g/mol. The van der Waals surface area contributed by atoms with Crippen molar-refractivity contribution < 1.29 is 19.1 Å². The Morgan fingerprint density at radius 1 is 1.25 bits per heavy atom. The van der Waals surface area contributed by atoms with E-state index in [4.69, 9.17) is 9.47 Å². The minimum absolute atomic E-state index is 0.122. The van der Waals surface area contributed by atoms with Gasteiger partial charge in [0.2, 0.25) is 0 Å². The summed E-state index contributed by atoms with van der Waals surface area (Å²) in [6, 6.07) is 0. The number of hydrogen-bond donors (Lipinski definition) is 0. The van der Waals surface area contributed by atoms with Gasteiger partial charge in [0, 0.05) is 19.3 Å². The van der Waals surface area contributed by atoms with Gasteiger partial charge in [-0.05, 0) is 6.42 Å². The van der Waals surface area contributed by atoms with Gasteiger partial charge in [0.25, 0.3) is 11.8 Å². The molecule has 0 fully saturated rings. The maximum Gasteiger partial charge on any atom is 0.253 e. The Morgan fingerprint density at radius 2 is 1.88 bits per heavy atom. The van der Waals surface area contributed by atoms with E-state index in [-0.39, 0.29) is 17.9 Å². The quantitative estimate of drug-likeness (QED) is 0.465. The summed E-state index contributed by atoms with van der Waals surface area (Å²) in [4.78, 5) is 23.8. The Labute approximate surface area is 95.0 Å². The number of ether oxygens (including phenoxy) is 2. The first-order valence-electron chi connectivity index (χ1n) is 5.33. The summed E-state index contributed by atoms with van der Waals surface area (Å²) in [6.07, 6.45) is 3.19. The minimum atomic E-state index is -0.265. The van der Waals surface area contributed by atoms with Crippen LogP contribution in [-0.4, -0.2) is 49.7 Å². The fourth-order valence-electron chi connectivity index (χ4n) is 1.41. The minimum Gasteiger partial charge on any atom is -0.382 e. The zero-order valence-corrected chi connectivity index (χ0v) is 9.64. The summed E-state index contributed by atoms with van der Waals surface area (Å²) < 4.78 is 10.4. The number of hydrogen-bond acceptors (Lipinski definition) is 4. The Balaban J connectivity index is 2.38. The Morgan fingerprint density at radius 3 is 2.38 bits per heavy atom. The molecule has 0 saturated carbocycles. The molecule has 0 aromatic heterocycles. The van der Waals surface area contributed by atoms with Crippen molar-refractivity contribution in [2.45, 2.75) is 19.4 Å². The SMILES string of the molecule is CC[C@@H](CN1C(=O)C=CC1=O)OCCOC. The molecule has 1 rings (SSSR count). The first-order valence-corrected chi connectivity index (χ1v) is 5.33. The fraction of sp³-hybridized carbons (Fsp3) is 0.636. The van der Waals surface area contributed by atoms with E-state index in [0.29, 0.717) is 19.8 Å². The number of rotatable bonds is 7. The third kappa shape index (κ3) is 3.43. The van der Waals surface area contributed by atoms with Crippen molar-refractivity contribution in [3.63, 3.8) is 0 Å². The van der Waals surface area contributed by atoms with Crippen molar-refractivity contribution >= 4 is 11.8 Å². The van der Waals surface area contributed by atoms with Crippen LogP contribution in [0.2, 0.25) is 0 Å². The van der Waals surface area contributed by atoms with Crippen LogP contribution in [0.4, 0.5) is 0 Å². The van der Waals surface area contributed by atoms with E-state index in [2.05, 4.69) is 0 Å². The van der Waals surface area contributed by atoms with Crippen molar-refractivity contribution in [2.24, 2.45) is 0 Å². The molecule has 90 valence electrons. The number of imide groups is 1. The van der Waals surface area contributed by atoms with Gasteiger partial charge in [-0.15, -0.1) is 0 Å². The summed E-state index contributed by atoms with van der Waals surface area (Å²) in [5.74, 6) is -0.530. The molecule has 0 N–H and O–H groups in total. The van der Waals surface area contributed by atoms with Crippen LogP contribution >= 0.6 is 0 Å². The van der Waals surface area contributed by atoms with E-state index in [1.54, 1.807) is 7.11 Å². The molecular formula is C11H17NO4. The van der Waals surface area contributed by atoms with Crippen molar-refractivity contribution in [1.82, 2.24) is 4.90 Å². The molecule has 5 heteroatoms. The predicted octanol–water partition coefficient (Wildman–Crippen LogP) is 0.353. The summed E-state index contributed by atoms with van der Waals surface area (Å²) in [7, 11) is 1.60. The third-order valence-corrected chi connectivity index (χ3v) is 2.38. The lowest BCUT2D eigenvalue weighted by Gasteiger charge is -2.21. The molecule has 1 heterocycles. The molecule has 2 amide bonds. The predicted molar refractivity (Wildman–Crippen MR) is 57.8 cm³/mol. The molecule has 0 unspecified atom stereocenters. The van der Waals surface area contributed by atoms with E-state index in [1.807, 2.05) is 6.92 Å². The van der Waals surface area contributed by atoms with E-state index in [9.17, 15) is 9.59 Å². The van der Waals surface area contributed by atoms with Crippen LogP contribution in [0.1, 0.15) is 13.3 Å². The monoisotopic (exact) mass is 227 g/mol. The maximum absolute atomic E-state index is 11.3. The van der Waals surface area contributed by atoms with E-state index < -0.39 is 0 Å². The van der Waals surface area contributed by atoms with Gasteiger partial charge in [0.05, 0.1) is 25.9 Å². The van der Waals surface area contributed by atoms with Gasteiger partial charge in [0.1, 0.15) is 0 Å². The van der Waals surface area contributed by atoms with Crippen LogP contribution in [0.5, 0.6) is 0 Å². The second kappa shape index (κ2) is 6.40. The van der Waals surface area contributed by atoms with Gasteiger partial charge < -0.3 is 9.47 Å². The molecule has 0 spiro atoms. The van der Waals surface area contributed by atoms with E-state index in [0.717, 1.165) is 6.42 Å². The highest BCUT2D eigenvalue weighted by molar-refractivity contribution is 6.12. The van der Waals surface area contributed by atoms with Gasteiger partial charge in [-0.2, -0.15) is 0 Å². The van der Waals surface area contributed by atoms with Crippen LogP contribution in [0.3, 0.4) is 0 Å². The molecule has 1 aliphatic rings. The molecule has 0 saturated heterocycles. The molecule has 16 heavy (non-hydrogen) atoms. The summed E-state index contributed by atoms with van der Waals surface area (Å²) >= 11 is 0. The van der Waals surface area contributed by atoms with Crippen LogP contribution in [-0.2, 0) is 19.1 Å². The zero-order chi connectivity index (χ0) is 12.0. The summed E-state index contributed by atoms with van der Waals surface area (Å²) in [6.45, 7) is 3.25. The average molecular weight is 227 g/mol. The lowest BCUT2D eigenvalue weighted by molar-refractivity contribution is -0.139. The Hall–Kier alpha value is -1.20. The second-order valence-corrected chi connectivity index (χ2v) is 3.51. The molecule has 0 aliphatic carbocycles. The van der Waals surface area contributed by atoms with E-state index in [1.165, 1.54) is 17.1 Å². The zero-order valence-electron chi connectivity index (χ0n) is 9.64. The second-order valence-electron chi connectivity index (χ2n) is 3.51. The number of methoxy groups -OCH3 is 1. The van der Waals surface area contributed by atoms with Crippen LogP contribution in [0.25, 0.3) is 0 Å². The first kappa shape index (κ1) is 12.9. The third-order valence-electron chi connectivity index (χ3n) is 2.38. The van der Waals surface area contributed by atoms with E-state index >= 15 is 0 Å². The van der Waals surface area contributed by atoms with Gasteiger partial charge in [-0.1, -0.05) is 6.92 Å². The van der Waals surface area contributed by atoms with Crippen molar-refractivity contribution in [3.8, 4) is 0 Å². The van der Waals surface area contributed by atoms with Crippen LogP contribution < -0.4 is 0 Å². The molecule has 1 atom stereocenters. The van der Waals surface area contributed by atoms with Gasteiger partial charge in [-0.25, -0.2) is 0 Å². The molecule has 0 aromatic carbocycles. The largest absolute Gasteiger partial charge is 0.382 e. The number of carbonyl (C=O) groups excluding carboxylic acids is 2. The number of carbonyl (C=O) groups is 2. The normalized spacial score (nSPS) is 17.2. The van der Waals surface area contributed by atoms with Gasteiger partial charge in [0.15, 0.2) is 0 Å². The van der Waals surface area contributed by atoms with Crippen molar-refractivity contribution in [3.05, 3.63) is 12.2 Å². The highest BCUT2D eigenvalue weighted by Crippen LogP contribution is 2.08. The highest BCUT2D eigenvalue weighted by atomic mass is 16.5. The van der Waals surface area contributed by atoms with Crippen LogP contribution in [0.15, 0.2) is 12.2 Å². The van der Waals surface area contributed by atoms with Gasteiger partial charge >= 0.3 is 0 Å². The summed E-state index contributed by atoms with van der Waals surface area (Å²) in [5, 5.41) is 0. The average Bonchev–Trinajstić information content (AvgIpc) is 2.59. The molecule has 0 radical (unpaired) electrons. The lowest BCUT2D eigenvalue weighted by Crippen LogP contribution is -2.38. The summed E-state index contributed by atoms with van der Waals surface area (Å²) in [5.41, 5.74) is 0. The molecule has 0 aromatic rings. The molecule has 5 nitrogen and oxygen atoms in total. The topological polar surface area (TPSA) is 55.8 Å². The maximum atomic E-state index is 11.3. The highest BCUT2D eigenvalue weighted by Gasteiger charge is 2.25. The smallest absolute Gasteiger partial charge is 0.253 e. The number of amides is 2. The molecule has 0 bridgehead atoms. The molecule has 1 aliphatic heterocycles.